The first-order valence-corrected chi connectivity index (χ1v) is 9.00. The fourth-order valence-corrected chi connectivity index (χ4v) is 2.85. The van der Waals surface area contributed by atoms with Crippen LogP contribution in [0.2, 0.25) is 0 Å². The van der Waals surface area contributed by atoms with Gasteiger partial charge in [-0.3, -0.25) is 15.0 Å². The average molecular weight is 354 g/mol. The molecule has 3 rings (SSSR count). The minimum atomic E-state index is -0.639. The van der Waals surface area contributed by atoms with Crippen molar-refractivity contribution in [2.75, 3.05) is 16.6 Å². The molecule has 0 bridgehead atoms. The third kappa shape index (κ3) is 3.83. The standard InChI is InChI=1S/C18H18N4O2S/c1-12-18(24)22(14-8-4-3-5-9-14)21-16(19-12)17(23)20-13-7-6-10-15(11-13)25-2/h3-12H,1-2H3,(H,19,21)(H,20,23). The van der Waals surface area contributed by atoms with Gasteiger partial charge in [-0.25, -0.2) is 10.0 Å². The lowest BCUT2D eigenvalue weighted by molar-refractivity contribution is -0.120. The zero-order chi connectivity index (χ0) is 17.8. The first-order chi connectivity index (χ1) is 12.1. The highest BCUT2D eigenvalue weighted by Crippen LogP contribution is 2.20. The Balaban J connectivity index is 1.80. The Kier molecular flexibility index (Phi) is 5.04. The SMILES string of the molecule is CSc1cccc(NC(=O)C2=NC(C)C(=O)N(c3ccccc3)N2)c1. The molecule has 0 radical (unpaired) electrons. The number of amidine groups is 1. The highest BCUT2D eigenvalue weighted by molar-refractivity contribution is 7.98. The van der Waals surface area contributed by atoms with Crippen LogP contribution in [-0.4, -0.2) is 29.9 Å². The van der Waals surface area contributed by atoms with Gasteiger partial charge in [0.25, 0.3) is 11.8 Å². The van der Waals surface area contributed by atoms with Crippen LogP contribution in [-0.2, 0) is 9.59 Å². The van der Waals surface area contributed by atoms with Crippen molar-refractivity contribution in [1.29, 1.82) is 0 Å². The van der Waals surface area contributed by atoms with Gasteiger partial charge in [-0.2, -0.15) is 0 Å². The van der Waals surface area contributed by atoms with Gasteiger partial charge in [0.2, 0.25) is 5.84 Å². The molecule has 0 saturated carbocycles. The zero-order valence-electron chi connectivity index (χ0n) is 13.9. The van der Waals surface area contributed by atoms with Gasteiger partial charge in [0.05, 0.1) is 5.69 Å². The normalized spacial score (nSPS) is 16.9. The number of hydrazine groups is 1. The zero-order valence-corrected chi connectivity index (χ0v) is 14.7. The predicted octanol–water partition coefficient (Wildman–Crippen LogP) is 2.69. The third-order valence-corrected chi connectivity index (χ3v) is 4.40. The minimum Gasteiger partial charge on any atom is -0.319 e. The molecule has 1 aliphatic rings. The largest absolute Gasteiger partial charge is 0.319 e. The summed E-state index contributed by atoms with van der Waals surface area (Å²) in [4.78, 5) is 30.1. The first kappa shape index (κ1) is 17.0. The number of nitrogens with one attached hydrogen (secondary N) is 2. The molecule has 2 N–H and O–H groups in total. The molecule has 1 unspecified atom stereocenters. The first-order valence-electron chi connectivity index (χ1n) is 7.77. The van der Waals surface area contributed by atoms with E-state index in [1.54, 1.807) is 30.8 Å². The van der Waals surface area contributed by atoms with Crippen LogP contribution in [0.4, 0.5) is 11.4 Å². The number of carbonyl (C=O) groups is 2. The lowest BCUT2D eigenvalue weighted by Gasteiger charge is -2.30. The molecule has 7 heteroatoms. The molecule has 0 fully saturated rings. The summed E-state index contributed by atoms with van der Waals surface area (Å²) in [5.74, 6) is -0.504. The third-order valence-electron chi connectivity index (χ3n) is 3.68. The Morgan fingerprint density at radius 3 is 2.68 bits per heavy atom. The predicted molar refractivity (Wildman–Crippen MR) is 101 cm³/mol. The van der Waals surface area contributed by atoms with Crippen LogP contribution in [0.25, 0.3) is 0 Å². The second-order valence-electron chi connectivity index (χ2n) is 5.46. The number of nitrogens with zero attached hydrogens (tertiary/aromatic N) is 2. The Bertz CT molecular complexity index is 823. The molecule has 2 aromatic rings. The Hall–Kier alpha value is -2.80. The van der Waals surface area contributed by atoms with Crippen LogP contribution in [0.15, 0.2) is 64.5 Å². The quantitative estimate of drug-likeness (QED) is 0.828. The van der Waals surface area contributed by atoms with Crippen molar-refractivity contribution in [3.05, 3.63) is 54.6 Å². The summed E-state index contributed by atoms with van der Waals surface area (Å²) in [5, 5.41) is 4.16. The van der Waals surface area contributed by atoms with Crippen molar-refractivity contribution in [2.24, 2.45) is 4.99 Å². The molecule has 2 amide bonds. The van der Waals surface area contributed by atoms with Crippen molar-refractivity contribution in [1.82, 2.24) is 5.43 Å². The number of anilines is 2. The molecule has 6 nitrogen and oxygen atoms in total. The number of thioether (sulfide) groups is 1. The van der Waals surface area contributed by atoms with Crippen molar-refractivity contribution in [3.63, 3.8) is 0 Å². The summed E-state index contributed by atoms with van der Waals surface area (Å²) in [7, 11) is 0. The Morgan fingerprint density at radius 1 is 1.20 bits per heavy atom. The van der Waals surface area contributed by atoms with Gasteiger partial charge < -0.3 is 5.32 Å². The lowest BCUT2D eigenvalue weighted by Crippen LogP contribution is -2.57. The molecule has 0 aromatic heterocycles. The van der Waals surface area contributed by atoms with Crippen LogP contribution >= 0.6 is 11.8 Å². The number of para-hydroxylation sites is 1. The fourth-order valence-electron chi connectivity index (χ4n) is 2.39. The molecule has 1 atom stereocenters. The topological polar surface area (TPSA) is 73.8 Å². The molecule has 1 heterocycles. The van der Waals surface area contributed by atoms with E-state index in [9.17, 15) is 9.59 Å². The molecule has 0 spiro atoms. The smallest absolute Gasteiger partial charge is 0.292 e. The number of benzene rings is 2. The van der Waals surface area contributed by atoms with E-state index in [1.165, 1.54) is 5.01 Å². The van der Waals surface area contributed by atoms with Crippen LogP contribution < -0.4 is 15.8 Å². The number of carbonyl (C=O) groups excluding carboxylic acids is 2. The van der Waals surface area contributed by atoms with Gasteiger partial charge in [-0.1, -0.05) is 24.3 Å². The maximum Gasteiger partial charge on any atom is 0.292 e. The number of rotatable bonds is 4. The summed E-state index contributed by atoms with van der Waals surface area (Å²) in [5.41, 5.74) is 4.15. The van der Waals surface area contributed by atoms with E-state index in [0.717, 1.165) is 4.90 Å². The van der Waals surface area contributed by atoms with E-state index in [4.69, 9.17) is 0 Å². The monoisotopic (exact) mass is 354 g/mol. The van der Waals surface area contributed by atoms with E-state index in [-0.39, 0.29) is 11.7 Å². The molecule has 2 aromatic carbocycles. The molecule has 25 heavy (non-hydrogen) atoms. The highest BCUT2D eigenvalue weighted by atomic mass is 32.2. The maximum atomic E-state index is 12.5. The van der Waals surface area contributed by atoms with Gasteiger partial charge in [-0.05, 0) is 43.5 Å². The minimum absolute atomic E-state index is 0.102. The molecule has 128 valence electrons. The average Bonchev–Trinajstić information content (AvgIpc) is 2.64. The van der Waals surface area contributed by atoms with E-state index >= 15 is 0 Å². The number of hydrogen-bond donors (Lipinski definition) is 2. The lowest BCUT2D eigenvalue weighted by atomic mass is 10.2. The molecule has 0 saturated heterocycles. The highest BCUT2D eigenvalue weighted by Gasteiger charge is 2.30. The summed E-state index contributed by atoms with van der Waals surface area (Å²) < 4.78 is 0. The molecular weight excluding hydrogens is 336 g/mol. The number of aliphatic imine (C=N–C) groups is 1. The van der Waals surface area contributed by atoms with Crippen molar-refractivity contribution in [2.45, 2.75) is 17.9 Å². The van der Waals surface area contributed by atoms with E-state index in [2.05, 4.69) is 15.7 Å². The number of amides is 2. The summed E-state index contributed by atoms with van der Waals surface area (Å²) in [6.07, 6.45) is 1.97. The number of hydrogen-bond acceptors (Lipinski definition) is 5. The van der Waals surface area contributed by atoms with Gasteiger partial charge >= 0.3 is 0 Å². The van der Waals surface area contributed by atoms with E-state index in [0.29, 0.717) is 11.4 Å². The van der Waals surface area contributed by atoms with Crippen LogP contribution in [0.3, 0.4) is 0 Å². The van der Waals surface area contributed by atoms with Crippen LogP contribution in [0, 0.1) is 0 Å². The van der Waals surface area contributed by atoms with Crippen molar-refractivity contribution < 1.29 is 9.59 Å². The Morgan fingerprint density at radius 2 is 1.96 bits per heavy atom. The van der Waals surface area contributed by atoms with Gasteiger partial charge in [0.1, 0.15) is 6.04 Å². The van der Waals surface area contributed by atoms with Crippen LogP contribution in [0.1, 0.15) is 6.92 Å². The van der Waals surface area contributed by atoms with Crippen molar-refractivity contribution in [3.8, 4) is 0 Å². The summed E-state index contributed by atoms with van der Waals surface area (Å²) >= 11 is 1.59. The van der Waals surface area contributed by atoms with Crippen LogP contribution in [0.5, 0.6) is 0 Å². The molecule has 1 aliphatic heterocycles. The van der Waals surface area contributed by atoms with E-state index < -0.39 is 11.9 Å². The molecular formula is C18H18N4O2S. The summed E-state index contributed by atoms with van der Waals surface area (Å²) in [6.45, 7) is 1.67. The van der Waals surface area contributed by atoms with E-state index in [1.807, 2.05) is 48.7 Å². The van der Waals surface area contributed by atoms with Gasteiger partial charge in [-0.15, -0.1) is 11.8 Å². The maximum absolute atomic E-state index is 12.5. The fraction of sp³-hybridized carbons (Fsp3) is 0.167. The van der Waals surface area contributed by atoms with Gasteiger partial charge in [0.15, 0.2) is 0 Å². The second kappa shape index (κ2) is 7.40. The van der Waals surface area contributed by atoms with Crippen molar-refractivity contribution >= 4 is 40.8 Å². The second-order valence-corrected chi connectivity index (χ2v) is 6.34. The molecule has 0 aliphatic carbocycles. The summed E-state index contributed by atoms with van der Waals surface area (Å²) in [6, 6.07) is 16.0. The Labute approximate surface area is 150 Å². The van der Waals surface area contributed by atoms with Gasteiger partial charge in [0, 0.05) is 10.6 Å².